The van der Waals surface area contributed by atoms with Gasteiger partial charge in [0.25, 0.3) is 0 Å². The lowest BCUT2D eigenvalue weighted by atomic mass is 10.1. The maximum atomic E-state index is 12.0. The number of aromatic nitrogens is 2. The van der Waals surface area contributed by atoms with Gasteiger partial charge in [0.05, 0.1) is 18.7 Å². The van der Waals surface area contributed by atoms with Crippen LogP contribution in [0.1, 0.15) is 11.1 Å². The van der Waals surface area contributed by atoms with Gasteiger partial charge in [-0.2, -0.15) is 0 Å². The SMILES string of the molecule is Cc1ccccc1CC(=O)NCCOc1ccc(-c2ccccc2)nn1. The Morgan fingerprint density at radius 3 is 2.46 bits per heavy atom. The van der Waals surface area contributed by atoms with Gasteiger partial charge < -0.3 is 10.1 Å². The highest BCUT2D eigenvalue weighted by Crippen LogP contribution is 2.16. The molecule has 26 heavy (non-hydrogen) atoms. The highest BCUT2D eigenvalue weighted by molar-refractivity contribution is 5.78. The van der Waals surface area contributed by atoms with Crippen LogP contribution in [0.25, 0.3) is 11.3 Å². The molecule has 1 heterocycles. The molecule has 0 unspecified atom stereocenters. The van der Waals surface area contributed by atoms with Crippen LogP contribution in [0.2, 0.25) is 0 Å². The summed E-state index contributed by atoms with van der Waals surface area (Å²) < 4.78 is 5.53. The molecule has 1 amide bonds. The van der Waals surface area contributed by atoms with E-state index in [0.717, 1.165) is 22.4 Å². The largest absolute Gasteiger partial charge is 0.475 e. The van der Waals surface area contributed by atoms with Crippen molar-refractivity contribution in [3.63, 3.8) is 0 Å². The van der Waals surface area contributed by atoms with Crippen molar-refractivity contribution in [2.24, 2.45) is 0 Å². The molecule has 0 spiro atoms. The highest BCUT2D eigenvalue weighted by Gasteiger charge is 2.05. The number of benzene rings is 2. The Hall–Kier alpha value is -3.21. The number of hydrogen-bond acceptors (Lipinski definition) is 4. The number of nitrogens with zero attached hydrogens (tertiary/aromatic N) is 2. The molecule has 1 aromatic heterocycles. The van der Waals surface area contributed by atoms with E-state index >= 15 is 0 Å². The van der Waals surface area contributed by atoms with Crippen LogP contribution >= 0.6 is 0 Å². The summed E-state index contributed by atoms with van der Waals surface area (Å²) in [5.41, 5.74) is 3.96. The predicted molar refractivity (Wildman–Crippen MR) is 101 cm³/mol. The van der Waals surface area contributed by atoms with Gasteiger partial charge in [0.2, 0.25) is 11.8 Å². The Kier molecular flexibility index (Phi) is 5.93. The van der Waals surface area contributed by atoms with Crippen molar-refractivity contribution in [3.8, 4) is 17.1 Å². The molecule has 0 atom stereocenters. The van der Waals surface area contributed by atoms with Crippen LogP contribution in [0, 0.1) is 6.92 Å². The van der Waals surface area contributed by atoms with Crippen LogP contribution in [-0.2, 0) is 11.2 Å². The van der Waals surface area contributed by atoms with Crippen LogP contribution in [-0.4, -0.2) is 29.3 Å². The zero-order valence-electron chi connectivity index (χ0n) is 14.7. The second kappa shape index (κ2) is 8.76. The van der Waals surface area contributed by atoms with Crippen molar-refractivity contribution in [2.75, 3.05) is 13.2 Å². The van der Waals surface area contributed by atoms with Crippen LogP contribution in [0.5, 0.6) is 5.88 Å². The van der Waals surface area contributed by atoms with Crippen molar-refractivity contribution in [1.29, 1.82) is 0 Å². The number of rotatable bonds is 7. The summed E-state index contributed by atoms with van der Waals surface area (Å²) in [6, 6.07) is 21.4. The van der Waals surface area contributed by atoms with Gasteiger partial charge in [-0.1, -0.05) is 54.6 Å². The normalized spacial score (nSPS) is 10.3. The lowest BCUT2D eigenvalue weighted by Gasteiger charge is -2.08. The molecule has 1 N–H and O–H groups in total. The summed E-state index contributed by atoms with van der Waals surface area (Å²) in [7, 11) is 0. The van der Waals surface area contributed by atoms with Gasteiger partial charge in [-0.05, 0) is 24.1 Å². The standard InChI is InChI=1S/C21H21N3O2/c1-16-7-5-6-10-18(16)15-20(25)22-13-14-26-21-12-11-19(23-24-21)17-8-3-2-4-9-17/h2-12H,13-15H2,1H3,(H,22,25). The minimum atomic E-state index is -0.0200. The fourth-order valence-electron chi connectivity index (χ4n) is 2.55. The van der Waals surface area contributed by atoms with E-state index in [9.17, 15) is 4.79 Å². The van der Waals surface area contributed by atoms with Gasteiger partial charge in [-0.25, -0.2) is 0 Å². The maximum absolute atomic E-state index is 12.0. The van der Waals surface area contributed by atoms with Gasteiger partial charge in [0.1, 0.15) is 6.61 Å². The molecule has 3 rings (SSSR count). The van der Waals surface area contributed by atoms with Gasteiger partial charge in [0.15, 0.2) is 0 Å². The summed E-state index contributed by atoms with van der Waals surface area (Å²) in [5.74, 6) is 0.422. The van der Waals surface area contributed by atoms with Gasteiger partial charge in [0, 0.05) is 11.6 Å². The second-order valence-corrected chi connectivity index (χ2v) is 5.92. The number of carbonyl (C=O) groups excluding carboxylic acids is 1. The Labute approximate surface area is 153 Å². The first-order valence-corrected chi connectivity index (χ1v) is 8.55. The number of nitrogens with one attached hydrogen (secondary N) is 1. The molecule has 5 heteroatoms. The van der Waals surface area contributed by atoms with Crippen LogP contribution < -0.4 is 10.1 Å². The maximum Gasteiger partial charge on any atom is 0.233 e. The molecule has 5 nitrogen and oxygen atoms in total. The van der Waals surface area contributed by atoms with Crippen molar-refractivity contribution in [1.82, 2.24) is 15.5 Å². The van der Waals surface area contributed by atoms with Crippen molar-refractivity contribution in [3.05, 3.63) is 77.9 Å². The van der Waals surface area contributed by atoms with E-state index in [2.05, 4.69) is 15.5 Å². The molecule has 0 aliphatic rings. The molecule has 0 aliphatic heterocycles. The number of carbonyl (C=O) groups is 1. The molecule has 0 fully saturated rings. The third-order valence-corrected chi connectivity index (χ3v) is 4.00. The molecular formula is C21H21N3O2. The first kappa shape index (κ1) is 17.6. The number of hydrogen-bond donors (Lipinski definition) is 1. The minimum absolute atomic E-state index is 0.0200. The Bertz CT molecular complexity index is 849. The molecule has 2 aromatic carbocycles. The molecule has 0 saturated carbocycles. The molecule has 132 valence electrons. The van der Waals surface area contributed by atoms with Crippen molar-refractivity contribution in [2.45, 2.75) is 13.3 Å². The molecular weight excluding hydrogens is 326 g/mol. The van der Waals surface area contributed by atoms with E-state index in [4.69, 9.17) is 4.74 Å². The smallest absolute Gasteiger partial charge is 0.233 e. The van der Waals surface area contributed by atoms with E-state index < -0.39 is 0 Å². The fourth-order valence-corrected chi connectivity index (χ4v) is 2.55. The topological polar surface area (TPSA) is 64.1 Å². The summed E-state index contributed by atoms with van der Waals surface area (Å²) in [5, 5.41) is 11.1. The first-order valence-electron chi connectivity index (χ1n) is 8.55. The Morgan fingerprint density at radius 1 is 0.962 bits per heavy atom. The molecule has 0 aliphatic carbocycles. The molecule has 3 aromatic rings. The summed E-state index contributed by atoms with van der Waals surface area (Å²) in [4.78, 5) is 12.0. The van der Waals surface area contributed by atoms with Gasteiger partial charge >= 0.3 is 0 Å². The van der Waals surface area contributed by atoms with Crippen molar-refractivity contribution >= 4 is 5.91 Å². The second-order valence-electron chi connectivity index (χ2n) is 5.92. The fraction of sp³-hybridized carbons (Fsp3) is 0.190. The van der Waals surface area contributed by atoms with Crippen LogP contribution in [0.4, 0.5) is 0 Å². The number of ether oxygens (including phenoxy) is 1. The quantitative estimate of drug-likeness (QED) is 0.667. The lowest BCUT2D eigenvalue weighted by Crippen LogP contribution is -2.29. The Morgan fingerprint density at radius 2 is 1.73 bits per heavy atom. The molecule has 0 saturated heterocycles. The van der Waals surface area contributed by atoms with Crippen molar-refractivity contribution < 1.29 is 9.53 Å². The summed E-state index contributed by atoms with van der Waals surface area (Å²) >= 11 is 0. The van der Waals surface area contributed by atoms with E-state index in [1.807, 2.05) is 67.6 Å². The average Bonchev–Trinajstić information content (AvgIpc) is 2.68. The summed E-state index contributed by atoms with van der Waals surface area (Å²) in [6.45, 7) is 2.77. The van der Waals surface area contributed by atoms with Crippen LogP contribution in [0.3, 0.4) is 0 Å². The molecule has 0 radical (unpaired) electrons. The average molecular weight is 347 g/mol. The van der Waals surface area contributed by atoms with E-state index in [1.54, 1.807) is 6.07 Å². The highest BCUT2D eigenvalue weighted by atomic mass is 16.5. The summed E-state index contributed by atoms with van der Waals surface area (Å²) in [6.07, 6.45) is 0.373. The minimum Gasteiger partial charge on any atom is -0.475 e. The number of amides is 1. The number of aryl methyl sites for hydroxylation is 1. The zero-order chi connectivity index (χ0) is 18.2. The van der Waals surface area contributed by atoms with E-state index in [-0.39, 0.29) is 5.91 Å². The third-order valence-electron chi connectivity index (χ3n) is 4.00. The van der Waals surface area contributed by atoms with Gasteiger partial charge in [-0.3, -0.25) is 4.79 Å². The zero-order valence-corrected chi connectivity index (χ0v) is 14.7. The predicted octanol–water partition coefficient (Wildman–Crippen LogP) is 3.19. The molecule has 0 bridgehead atoms. The lowest BCUT2D eigenvalue weighted by molar-refractivity contribution is -0.120. The third kappa shape index (κ3) is 4.89. The first-order chi connectivity index (χ1) is 12.7. The Balaban J connectivity index is 1.42. The van der Waals surface area contributed by atoms with Gasteiger partial charge in [-0.15, -0.1) is 10.2 Å². The van der Waals surface area contributed by atoms with E-state index in [0.29, 0.717) is 25.5 Å². The monoisotopic (exact) mass is 347 g/mol. The van der Waals surface area contributed by atoms with E-state index in [1.165, 1.54) is 0 Å². The van der Waals surface area contributed by atoms with Crippen LogP contribution in [0.15, 0.2) is 66.7 Å².